The monoisotopic (exact) mass is 374 g/mol. The van der Waals surface area contributed by atoms with Gasteiger partial charge in [0, 0.05) is 11.3 Å². The Kier molecular flexibility index (Phi) is 5.37. The second-order valence-corrected chi connectivity index (χ2v) is 7.00. The molecular weight excluding hydrogens is 358 g/mol. The van der Waals surface area contributed by atoms with Gasteiger partial charge in [-0.1, -0.05) is 17.8 Å². The molecule has 1 aromatic heterocycles. The minimum atomic E-state index is -0.501. The highest BCUT2D eigenvalue weighted by Crippen LogP contribution is 2.28. The van der Waals surface area contributed by atoms with Gasteiger partial charge in [0.25, 0.3) is 5.22 Å². The van der Waals surface area contributed by atoms with Crippen LogP contribution in [0.4, 0.5) is 14.5 Å². The largest absolute Gasteiger partial charge is 0.431 e. The van der Waals surface area contributed by atoms with Crippen LogP contribution in [0.15, 0.2) is 58.3 Å². The zero-order valence-electron chi connectivity index (χ0n) is 14.1. The number of halogens is 2. The van der Waals surface area contributed by atoms with Gasteiger partial charge in [-0.05, 0) is 55.8 Å². The molecule has 0 bridgehead atoms. The third kappa shape index (κ3) is 4.29. The van der Waals surface area contributed by atoms with Crippen molar-refractivity contribution in [2.45, 2.75) is 24.3 Å². The Morgan fingerprint density at radius 2 is 1.92 bits per heavy atom. The Bertz CT molecular complexity index is 926. The molecule has 1 amide bonds. The quantitative estimate of drug-likeness (QED) is 0.635. The Morgan fingerprint density at radius 3 is 2.62 bits per heavy atom. The summed E-state index contributed by atoms with van der Waals surface area (Å²) in [5.74, 6) is -0.513. The average Bonchev–Trinajstić information content (AvgIpc) is 3.07. The SMILES string of the molecule is Cc1ccc(NC(=O)C(C)Sc2ncc(-c3ccc(F)cc3)o2)cc1F. The summed E-state index contributed by atoms with van der Waals surface area (Å²) >= 11 is 1.14. The fraction of sp³-hybridized carbons (Fsp3) is 0.158. The maximum atomic E-state index is 13.6. The van der Waals surface area contributed by atoms with Crippen molar-refractivity contribution in [2.75, 3.05) is 5.32 Å². The molecule has 0 radical (unpaired) electrons. The van der Waals surface area contributed by atoms with Crippen molar-refractivity contribution in [3.8, 4) is 11.3 Å². The van der Waals surface area contributed by atoms with Crippen LogP contribution in [-0.2, 0) is 4.79 Å². The molecule has 7 heteroatoms. The Labute approximate surface area is 153 Å². The topological polar surface area (TPSA) is 55.1 Å². The van der Waals surface area contributed by atoms with E-state index in [1.165, 1.54) is 24.4 Å². The van der Waals surface area contributed by atoms with Crippen LogP contribution in [0.5, 0.6) is 0 Å². The molecule has 1 N–H and O–H groups in total. The molecule has 3 rings (SSSR count). The number of aromatic nitrogens is 1. The molecule has 0 saturated heterocycles. The maximum absolute atomic E-state index is 13.6. The van der Waals surface area contributed by atoms with Crippen LogP contribution in [-0.4, -0.2) is 16.1 Å². The molecule has 3 aromatic rings. The minimum Gasteiger partial charge on any atom is -0.431 e. The first-order chi connectivity index (χ1) is 12.4. The van der Waals surface area contributed by atoms with Crippen molar-refractivity contribution in [3.63, 3.8) is 0 Å². The van der Waals surface area contributed by atoms with E-state index in [1.807, 2.05) is 0 Å². The van der Waals surface area contributed by atoms with Gasteiger partial charge in [-0.2, -0.15) is 0 Å². The number of oxazole rings is 1. The number of rotatable bonds is 5. The highest BCUT2D eigenvalue weighted by atomic mass is 32.2. The second kappa shape index (κ2) is 7.70. The van der Waals surface area contributed by atoms with E-state index < -0.39 is 5.25 Å². The molecule has 0 spiro atoms. The first-order valence-corrected chi connectivity index (χ1v) is 8.76. The number of nitrogens with one attached hydrogen (secondary N) is 1. The van der Waals surface area contributed by atoms with Crippen molar-refractivity contribution < 1.29 is 18.0 Å². The molecule has 4 nitrogen and oxygen atoms in total. The number of nitrogens with zero attached hydrogens (tertiary/aromatic N) is 1. The number of carbonyl (C=O) groups is 1. The number of anilines is 1. The molecule has 0 aliphatic rings. The Hall–Kier alpha value is -2.67. The van der Waals surface area contributed by atoms with Gasteiger partial charge in [0.2, 0.25) is 5.91 Å². The van der Waals surface area contributed by atoms with Gasteiger partial charge in [-0.3, -0.25) is 4.79 Å². The van der Waals surface area contributed by atoms with Crippen LogP contribution in [0.25, 0.3) is 11.3 Å². The number of hydrogen-bond donors (Lipinski definition) is 1. The van der Waals surface area contributed by atoms with E-state index in [1.54, 1.807) is 38.1 Å². The number of thioether (sulfide) groups is 1. The number of carbonyl (C=O) groups excluding carboxylic acids is 1. The first kappa shape index (κ1) is 18.1. The van der Waals surface area contributed by atoms with Gasteiger partial charge < -0.3 is 9.73 Å². The highest BCUT2D eigenvalue weighted by molar-refractivity contribution is 8.00. The normalized spacial score (nSPS) is 12.0. The molecule has 134 valence electrons. The number of amides is 1. The Balaban J connectivity index is 1.64. The van der Waals surface area contributed by atoms with E-state index in [4.69, 9.17) is 4.42 Å². The lowest BCUT2D eigenvalue weighted by Gasteiger charge is -2.10. The van der Waals surface area contributed by atoms with E-state index in [0.717, 1.165) is 11.8 Å². The molecule has 0 aliphatic heterocycles. The molecule has 0 fully saturated rings. The summed E-state index contributed by atoms with van der Waals surface area (Å²) in [7, 11) is 0. The zero-order valence-corrected chi connectivity index (χ0v) is 14.9. The third-order valence-corrected chi connectivity index (χ3v) is 4.66. The molecule has 0 aliphatic carbocycles. The summed E-state index contributed by atoms with van der Waals surface area (Å²) in [4.78, 5) is 16.4. The highest BCUT2D eigenvalue weighted by Gasteiger charge is 2.18. The van der Waals surface area contributed by atoms with Gasteiger partial charge in [-0.25, -0.2) is 13.8 Å². The van der Waals surface area contributed by atoms with Crippen molar-refractivity contribution in [1.29, 1.82) is 0 Å². The fourth-order valence-electron chi connectivity index (χ4n) is 2.18. The van der Waals surface area contributed by atoms with Gasteiger partial charge in [0.05, 0.1) is 11.4 Å². The van der Waals surface area contributed by atoms with E-state index in [2.05, 4.69) is 10.3 Å². The van der Waals surface area contributed by atoms with Crippen LogP contribution in [0.2, 0.25) is 0 Å². The molecule has 1 atom stereocenters. The minimum absolute atomic E-state index is 0.292. The summed E-state index contributed by atoms with van der Waals surface area (Å²) in [6, 6.07) is 10.4. The predicted molar refractivity (Wildman–Crippen MR) is 97.0 cm³/mol. The van der Waals surface area contributed by atoms with Crippen LogP contribution in [0.1, 0.15) is 12.5 Å². The lowest BCUT2D eigenvalue weighted by Crippen LogP contribution is -2.22. The van der Waals surface area contributed by atoms with Gasteiger partial charge >= 0.3 is 0 Å². The van der Waals surface area contributed by atoms with E-state index in [0.29, 0.717) is 27.8 Å². The van der Waals surface area contributed by atoms with Crippen LogP contribution >= 0.6 is 11.8 Å². The standard InChI is InChI=1S/C19H16F2N2O2S/c1-11-3-8-15(9-16(11)21)23-18(24)12(2)26-19-22-10-17(25-19)13-4-6-14(20)7-5-13/h3-10,12H,1-2H3,(H,23,24). The van der Waals surface area contributed by atoms with Crippen molar-refractivity contribution in [2.24, 2.45) is 0 Å². The summed E-state index contributed by atoms with van der Waals surface area (Å²) in [6.07, 6.45) is 1.52. The summed E-state index contributed by atoms with van der Waals surface area (Å²) < 4.78 is 32.1. The number of aryl methyl sites for hydroxylation is 1. The smallest absolute Gasteiger partial charge is 0.256 e. The summed E-state index contributed by atoms with van der Waals surface area (Å²) in [5, 5.41) is 2.48. The van der Waals surface area contributed by atoms with Crippen LogP contribution in [0.3, 0.4) is 0 Å². The molecular formula is C19H16F2N2O2S. The van der Waals surface area contributed by atoms with Crippen molar-refractivity contribution in [3.05, 3.63) is 65.9 Å². The molecule has 26 heavy (non-hydrogen) atoms. The average molecular weight is 374 g/mol. The second-order valence-electron chi connectivity index (χ2n) is 5.71. The van der Waals surface area contributed by atoms with E-state index in [9.17, 15) is 13.6 Å². The molecule has 1 unspecified atom stereocenters. The summed E-state index contributed by atoms with van der Waals surface area (Å²) in [5.41, 5.74) is 1.60. The van der Waals surface area contributed by atoms with Gasteiger partial charge in [0.15, 0.2) is 5.76 Å². The van der Waals surface area contributed by atoms with Crippen molar-refractivity contribution >= 4 is 23.4 Å². The number of hydrogen-bond acceptors (Lipinski definition) is 4. The van der Waals surface area contributed by atoms with Crippen molar-refractivity contribution in [1.82, 2.24) is 4.98 Å². The summed E-state index contributed by atoms with van der Waals surface area (Å²) in [6.45, 7) is 3.35. The maximum Gasteiger partial charge on any atom is 0.256 e. The lowest BCUT2D eigenvalue weighted by atomic mass is 10.2. The van der Waals surface area contributed by atoms with E-state index >= 15 is 0 Å². The van der Waals surface area contributed by atoms with Crippen LogP contribution < -0.4 is 5.32 Å². The predicted octanol–water partition coefficient (Wildman–Crippen LogP) is 5.05. The fourth-order valence-corrected chi connectivity index (χ4v) is 2.90. The molecule has 1 heterocycles. The zero-order chi connectivity index (χ0) is 18.7. The number of benzene rings is 2. The lowest BCUT2D eigenvalue weighted by molar-refractivity contribution is -0.115. The van der Waals surface area contributed by atoms with Gasteiger partial charge in [-0.15, -0.1) is 0 Å². The molecule has 2 aromatic carbocycles. The third-order valence-electron chi connectivity index (χ3n) is 3.70. The van der Waals surface area contributed by atoms with Gasteiger partial charge in [0.1, 0.15) is 11.6 Å². The Morgan fingerprint density at radius 1 is 1.19 bits per heavy atom. The first-order valence-electron chi connectivity index (χ1n) is 7.88. The van der Waals surface area contributed by atoms with E-state index in [-0.39, 0.29) is 17.5 Å². The molecule has 0 saturated carbocycles. The van der Waals surface area contributed by atoms with Crippen LogP contribution in [0, 0.1) is 18.6 Å².